The highest BCUT2D eigenvalue weighted by Crippen LogP contribution is 2.12. The number of aryl methyl sites for hydroxylation is 1. The lowest BCUT2D eigenvalue weighted by Gasteiger charge is -2.03. The van der Waals surface area contributed by atoms with Crippen LogP contribution in [-0.4, -0.2) is 11.1 Å². The second kappa shape index (κ2) is 4.88. The lowest BCUT2D eigenvalue weighted by molar-refractivity contribution is 0.695. The van der Waals surface area contributed by atoms with Gasteiger partial charge in [0.2, 0.25) is 0 Å². The van der Waals surface area contributed by atoms with Gasteiger partial charge in [-0.2, -0.15) is 0 Å². The lowest BCUT2D eigenvalue weighted by atomic mass is 10.2. The van der Waals surface area contributed by atoms with Gasteiger partial charge in [-0.3, -0.25) is 0 Å². The normalized spacial score (nSPS) is 10.1. The molecule has 0 unspecified atom stereocenters. The van der Waals surface area contributed by atoms with E-state index in [1.54, 1.807) is 0 Å². The van der Waals surface area contributed by atoms with Gasteiger partial charge in [-0.25, -0.2) is 0 Å². The van der Waals surface area contributed by atoms with Crippen LogP contribution in [0.25, 0.3) is 0 Å². The van der Waals surface area contributed by atoms with Gasteiger partial charge in [0.25, 0.3) is 0 Å². The van der Waals surface area contributed by atoms with E-state index in [1.807, 2.05) is 0 Å². The average Bonchev–Trinajstić information content (AvgIpc) is 2.41. The third-order valence-electron chi connectivity index (χ3n) is 2.64. The van der Waals surface area contributed by atoms with E-state index in [2.05, 4.69) is 42.8 Å². The van der Waals surface area contributed by atoms with E-state index in [4.69, 9.17) is 6.42 Å². The molecule has 14 heavy (non-hydrogen) atoms. The number of terminal acetylenes is 1. The maximum absolute atomic E-state index is 5.17. The van der Waals surface area contributed by atoms with Crippen LogP contribution >= 0.6 is 0 Å². The molecule has 0 atom stereocenters. The smallest absolute Gasteiger partial charge is 0.0223 e. The molecular weight excluding hydrogens is 172 g/mol. The molecule has 1 aromatic rings. The summed E-state index contributed by atoms with van der Waals surface area (Å²) in [5.41, 5.74) is 3.99. The van der Waals surface area contributed by atoms with E-state index in [0.29, 0.717) is 0 Å². The number of hydrogen-bond acceptors (Lipinski definition) is 1. The van der Waals surface area contributed by atoms with E-state index < -0.39 is 0 Å². The van der Waals surface area contributed by atoms with Gasteiger partial charge in [-0.15, -0.1) is 12.3 Å². The summed E-state index contributed by atoms with van der Waals surface area (Å²) < 4.78 is 2.21. The molecule has 2 nitrogen and oxygen atoms in total. The minimum atomic E-state index is 0.796. The van der Waals surface area contributed by atoms with Crippen molar-refractivity contribution in [1.29, 1.82) is 0 Å². The topological polar surface area (TPSA) is 17.0 Å². The Bertz CT molecular complexity index is 342. The Morgan fingerprint density at radius 3 is 2.71 bits per heavy atom. The van der Waals surface area contributed by atoms with Gasteiger partial charge in [0.15, 0.2) is 0 Å². The van der Waals surface area contributed by atoms with Gasteiger partial charge in [0.05, 0.1) is 0 Å². The van der Waals surface area contributed by atoms with E-state index in [0.717, 1.165) is 19.5 Å². The quantitative estimate of drug-likeness (QED) is 0.565. The van der Waals surface area contributed by atoms with Gasteiger partial charge in [-0.1, -0.05) is 0 Å². The molecule has 0 bridgehead atoms. The molecule has 1 heterocycles. The Hall–Kier alpha value is -1.20. The first-order valence-corrected chi connectivity index (χ1v) is 4.92. The summed E-state index contributed by atoms with van der Waals surface area (Å²) in [6, 6.07) is 2.22. The minimum Gasteiger partial charge on any atom is -0.352 e. The molecule has 0 radical (unpaired) electrons. The van der Waals surface area contributed by atoms with Crippen molar-refractivity contribution in [1.82, 2.24) is 9.88 Å². The van der Waals surface area contributed by atoms with Crippen molar-refractivity contribution in [2.75, 3.05) is 6.54 Å². The highest BCUT2D eigenvalue weighted by Gasteiger charge is 2.04. The molecule has 76 valence electrons. The first-order chi connectivity index (χ1) is 6.66. The Morgan fingerprint density at radius 2 is 2.21 bits per heavy atom. The predicted molar refractivity (Wildman–Crippen MR) is 60.0 cm³/mol. The molecule has 0 fully saturated rings. The number of nitrogens with zero attached hydrogens (tertiary/aromatic N) is 1. The third kappa shape index (κ3) is 2.40. The molecule has 2 heteroatoms. The molecule has 0 amide bonds. The van der Waals surface area contributed by atoms with Crippen LogP contribution in [0.15, 0.2) is 6.07 Å². The van der Waals surface area contributed by atoms with Crippen LogP contribution in [-0.2, 0) is 13.6 Å². The molecule has 0 aliphatic carbocycles. The highest BCUT2D eigenvalue weighted by atomic mass is 15.0. The fraction of sp³-hybridized carbons (Fsp3) is 0.500. The van der Waals surface area contributed by atoms with Crippen LogP contribution < -0.4 is 5.32 Å². The molecule has 0 aliphatic rings. The zero-order valence-electron chi connectivity index (χ0n) is 9.22. The standard InChI is InChI=1S/C12H18N2/c1-5-6-7-13-9-12-8-10(2)14(4)11(12)3/h1,8,13H,6-7,9H2,2-4H3. The summed E-state index contributed by atoms with van der Waals surface area (Å²) in [6.45, 7) is 6.07. The lowest BCUT2D eigenvalue weighted by Crippen LogP contribution is -2.14. The van der Waals surface area contributed by atoms with E-state index in [-0.39, 0.29) is 0 Å². The minimum absolute atomic E-state index is 0.796. The predicted octanol–water partition coefficient (Wildman–Crippen LogP) is 1.75. The first kappa shape index (κ1) is 10.9. The van der Waals surface area contributed by atoms with Gasteiger partial charge in [0, 0.05) is 37.9 Å². The van der Waals surface area contributed by atoms with Gasteiger partial charge in [-0.05, 0) is 25.5 Å². The second-order valence-corrected chi connectivity index (χ2v) is 3.59. The van der Waals surface area contributed by atoms with E-state index in [9.17, 15) is 0 Å². The largest absolute Gasteiger partial charge is 0.352 e. The summed E-state index contributed by atoms with van der Waals surface area (Å²) >= 11 is 0. The van der Waals surface area contributed by atoms with Crippen molar-refractivity contribution >= 4 is 0 Å². The monoisotopic (exact) mass is 190 g/mol. The van der Waals surface area contributed by atoms with Gasteiger partial charge in [0.1, 0.15) is 0 Å². The number of nitrogens with one attached hydrogen (secondary N) is 1. The maximum atomic E-state index is 5.17. The fourth-order valence-electron chi connectivity index (χ4n) is 1.50. The Kier molecular flexibility index (Phi) is 3.79. The van der Waals surface area contributed by atoms with Crippen LogP contribution in [0.5, 0.6) is 0 Å². The maximum Gasteiger partial charge on any atom is 0.0223 e. The summed E-state index contributed by atoms with van der Waals surface area (Å²) in [7, 11) is 2.09. The zero-order valence-corrected chi connectivity index (χ0v) is 9.22. The zero-order chi connectivity index (χ0) is 10.6. The van der Waals surface area contributed by atoms with E-state index in [1.165, 1.54) is 17.0 Å². The molecule has 0 aromatic carbocycles. The van der Waals surface area contributed by atoms with E-state index >= 15 is 0 Å². The van der Waals surface area contributed by atoms with Crippen LogP contribution in [0.1, 0.15) is 23.4 Å². The molecule has 0 aliphatic heterocycles. The van der Waals surface area contributed by atoms with Crippen molar-refractivity contribution in [3.63, 3.8) is 0 Å². The van der Waals surface area contributed by atoms with Crippen LogP contribution in [0, 0.1) is 26.2 Å². The molecular formula is C12H18N2. The summed E-state index contributed by atoms with van der Waals surface area (Å²) in [6.07, 6.45) is 5.97. The number of rotatable bonds is 4. The first-order valence-electron chi connectivity index (χ1n) is 4.92. The molecule has 0 saturated carbocycles. The van der Waals surface area contributed by atoms with Crippen molar-refractivity contribution < 1.29 is 0 Å². The SMILES string of the molecule is C#CCCNCc1cc(C)n(C)c1C. The van der Waals surface area contributed by atoms with Crippen molar-refractivity contribution in [2.45, 2.75) is 26.8 Å². The average molecular weight is 190 g/mol. The fourth-order valence-corrected chi connectivity index (χ4v) is 1.50. The molecule has 1 aromatic heterocycles. The van der Waals surface area contributed by atoms with Gasteiger partial charge < -0.3 is 9.88 Å². The summed E-state index contributed by atoms with van der Waals surface area (Å²) in [5.74, 6) is 2.62. The second-order valence-electron chi connectivity index (χ2n) is 3.59. The number of aromatic nitrogens is 1. The number of hydrogen-bond donors (Lipinski definition) is 1. The summed E-state index contributed by atoms with van der Waals surface area (Å²) in [4.78, 5) is 0. The highest BCUT2D eigenvalue weighted by molar-refractivity contribution is 5.26. The molecule has 1 N–H and O–H groups in total. The third-order valence-corrected chi connectivity index (χ3v) is 2.64. The van der Waals surface area contributed by atoms with Crippen LogP contribution in [0.3, 0.4) is 0 Å². The molecule has 0 spiro atoms. The van der Waals surface area contributed by atoms with Crippen LogP contribution in [0.2, 0.25) is 0 Å². The van der Waals surface area contributed by atoms with Gasteiger partial charge >= 0.3 is 0 Å². The Balaban J connectivity index is 2.52. The van der Waals surface area contributed by atoms with Crippen molar-refractivity contribution in [3.8, 4) is 12.3 Å². The molecule has 0 saturated heterocycles. The summed E-state index contributed by atoms with van der Waals surface area (Å²) in [5, 5.41) is 3.33. The Morgan fingerprint density at radius 1 is 1.50 bits per heavy atom. The van der Waals surface area contributed by atoms with Crippen molar-refractivity contribution in [3.05, 3.63) is 23.0 Å². The van der Waals surface area contributed by atoms with Crippen molar-refractivity contribution in [2.24, 2.45) is 7.05 Å². The molecule has 1 rings (SSSR count). The Labute approximate surface area is 86.3 Å². The van der Waals surface area contributed by atoms with Crippen LogP contribution in [0.4, 0.5) is 0 Å².